The van der Waals surface area contributed by atoms with Gasteiger partial charge in [0.15, 0.2) is 0 Å². The highest BCUT2D eigenvalue weighted by atomic mass is 35.5. The first-order valence-corrected chi connectivity index (χ1v) is 5.38. The van der Waals surface area contributed by atoms with Crippen LogP contribution in [0.5, 0.6) is 0 Å². The van der Waals surface area contributed by atoms with Crippen LogP contribution in [0.1, 0.15) is 17.7 Å². The van der Waals surface area contributed by atoms with Crippen LogP contribution in [0.25, 0.3) is 5.65 Å². The zero-order chi connectivity index (χ0) is 11.7. The summed E-state index contributed by atoms with van der Waals surface area (Å²) >= 11 is 5.97. The number of aryl methyl sites for hydroxylation is 1. The second kappa shape index (κ2) is 4.27. The SMILES string of the molecule is Cc1cn2[nH]c(Cl)c(CCCO)c(=O)c2n1. The molecule has 0 aromatic carbocycles. The number of hydrogen-bond acceptors (Lipinski definition) is 3. The van der Waals surface area contributed by atoms with Gasteiger partial charge in [-0.05, 0) is 19.8 Å². The van der Waals surface area contributed by atoms with Crippen molar-refractivity contribution in [1.29, 1.82) is 0 Å². The van der Waals surface area contributed by atoms with Gasteiger partial charge < -0.3 is 5.11 Å². The smallest absolute Gasteiger partial charge is 0.229 e. The lowest BCUT2D eigenvalue weighted by atomic mass is 10.2. The molecule has 2 aromatic heterocycles. The summed E-state index contributed by atoms with van der Waals surface area (Å²) in [5.74, 6) is 0. The molecule has 2 heterocycles. The predicted molar refractivity (Wildman–Crippen MR) is 61.0 cm³/mol. The maximum atomic E-state index is 12.0. The van der Waals surface area contributed by atoms with Gasteiger partial charge >= 0.3 is 0 Å². The summed E-state index contributed by atoms with van der Waals surface area (Å²) in [6.07, 6.45) is 2.67. The van der Waals surface area contributed by atoms with E-state index >= 15 is 0 Å². The number of aliphatic hydroxyl groups is 1. The van der Waals surface area contributed by atoms with Crippen LogP contribution in [-0.2, 0) is 6.42 Å². The second-order valence-electron chi connectivity index (χ2n) is 3.64. The first-order valence-electron chi connectivity index (χ1n) is 5.00. The van der Waals surface area contributed by atoms with Gasteiger partial charge in [-0.1, -0.05) is 11.6 Å². The highest BCUT2D eigenvalue weighted by Gasteiger charge is 2.11. The van der Waals surface area contributed by atoms with E-state index in [2.05, 4.69) is 10.1 Å². The predicted octanol–water partition coefficient (Wildman–Crippen LogP) is 0.909. The molecule has 0 atom stereocenters. The summed E-state index contributed by atoms with van der Waals surface area (Å²) in [7, 11) is 0. The van der Waals surface area contributed by atoms with Crippen molar-refractivity contribution in [2.45, 2.75) is 19.8 Å². The fraction of sp³-hybridized carbons (Fsp3) is 0.400. The van der Waals surface area contributed by atoms with Crippen LogP contribution in [0.3, 0.4) is 0 Å². The molecule has 6 heteroatoms. The third kappa shape index (κ3) is 1.83. The van der Waals surface area contributed by atoms with Crippen LogP contribution in [-0.4, -0.2) is 26.3 Å². The van der Waals surface area contributed by atoms with Crippen molar-refractivity contribution in [2.75, 3.05) is 6.61 Å². The molecule has 0 aliphatic carbocycles. The number of aromatic amines is 1. The van der Waals surface area contributed by atoms with Crippen molar-refractivity contribution in [3.8, 4) is 0 Å². The summed E-state index contributed by atoms with van der Waals surface area (Å²) in [5.41, 5.74) is 1.40. The average molecular weight is 242 g/mol. The Morgan fingerprint density at radius 2 is 2.38 bits per heavy atom. The number of fused-ring (bicyclic) bond motifs is 1. The molecule has 0 fully saturated rings. The van der Waals surface area contributed by atoms with Gasteiger partial charge in [0.25, 0.3) is 0 Å². The minimum Gasteiger partial charge on any atom is -0.396 e. The molecule has 0 aliphatic heterocycles. The average Bonchev–Trinajstić information content (AvgIpc) is 2.59. The first kappa shape index (κ1) is 11.2. The lowest BCUT2D eigenvalue weighted by molar-refractivity contribution is 0.288. The fourth-order valence-electron chi connectivity index (χ4n) is 1.63. The topological polar surface area (TPSA) is 70.4 Å². The van der Waals surface area contributed by atoms with Gasteiger partial charge in [0.05, 0.1) is 11.9 Å². The number of aromatic nitrogens is 3. The quantitative estimate of drug-likeness (QED) is 0.839. The molecule has 2 rings (SSSR count). The summed E-state index contributed by atoms with van der Waals surface area (Å²) in [5, 5.41) is 11.9. The largest absolute Gasteiger partial charge is 0.396 e. The normalized spacial score (nSPS) is 11.2. The number of H-pyrrole nitrogens is 1. The molecular formula is C10H12ClN3O2. The van der Waals surface area contributed by atoms with Gasteiger partial charge in [-0.3, -0.25) is 9.89 Å². The summed E-state index contributed by atoms with van der Waals surface area (Å²) < 4.78 is 1.52. The standard InChI is InChI=1S/C10H12ClN3O2/c1-6-5-14-10(12-6)8(16)7(3-2-4-15)9(11)13-14/h5,13,15H,2-4H2,1H3. The van der Waals surface area contributed by atoms with E-state index in [9.17, 15) is 4.79 Å². The molecule has 0 bridgehead atoms. The van der Waals surface area contributed by atoms with Gasteiger partial charge in [0, 0.05) is 12.2 Å². The molecule has 5 nitrogen and oxygen atoms in total. The molecular weight excluding hydrogens is 230 g/mol. The van der Waals surface area contributed by atoms with Gasteiger partial charge in [-0.15, -0.1) is 0 Å². The molecule has 86 valence electrons. The lowest BCUT2D eigenvalue weighted by Crippen LogP contribution is -2.15. The van der Waals surface area contributed by atoms with Crippen LogP contribution < -0.4 is 5.43 Å². The molecule has 0 radical (unpaired) electrons. The van der Waals surface area contributed by atoms with Crippen LogP contribution in [0.2, 0.25) is 5.15 Å². The Hall–Kier alpha value is -1.33. The van der Waals surface area contributed by atoms with E-state index in [4.69, 9.17) is 16.7 Å². The van der Waals surface area contributed by atoms with Gasteiger partial charge in [-0.2, -0.15) is 0 Å². The number of nitrogens with one attached hydrogen (secondary N) is 1. The minimum absolute atomic E-state index is 0.0361. The van der Waals surface area contributed by atoms with Crippen LogP contribution in [0.15, 0.2) is 11.0 Å². The van der Waals surface area contributed by atoms with Crippen molar-refractivity contribution < 1.29 is 5.11 Å². The molecule has 0 unspecified atom stereocenters. The van der Waals surface area contributed by atoms with Crippen LogP contribution >= 0.6 is 11.6 Å². The number of imidazole rings is 1. The maximum absolute atomic E-state index is 12.0. The minimum atomic E-state index is -0.176. The fourth-order valence-corrected chi connectivity index (χ4v) is 1.90. The first-order chi connectivity index (χ1) is 7.63. The van der Waals surface area contributed by atoms with Crippen LogP contribution in [0.4, 0.5) is 0 Å². The third-order valence-electron chi connectivity index (χ3n) is 2.37. The van der Waals surface area contributed by atoms with E-state index in [0.29, 0.717) is 29.2 Å². The molecule has 16 heavy (non-hydrogen) atoms. The summed E-state index contributed by atoms with van der Waals surface area (Å²) in [4.78, 5) is 16.1. The molecule has 0 amide bonds. The Bertz CT molecular complexity index is 573. The van der Waals surface area contributed by atoms with Crippen molar-refractivity contribution in [1.82, 2.24) is 14.6 Å². The molecule has 0 aliphatic rings. The van der Waals surface area contributed by atoms with E-state index in [1.165, 1.54) is 4.52 Å². The van der Waals surface area contributed by atoms with Crippen molar-refractivity contribution >= 4 is 17.2 Å². The van der Waals surface area contributed by atoms with E-state index in [1.54, 1.807) is 6.20 Å². The highest BCUT2D eigenvalue weighted by Crippen LogP contribution is 2.12. The molecule has 0 spiro atoms. The molecule has 2 aromatic rings. The number of rotatable bonds is 3. The number of halogens is 1. The number of aliphatic hydroxyl groups excluding tert-OH is 1. The van der Waals surface area contributed by atoms with E-state index in [0.717, 1.165) is 5.69 Å². The maximum Gasteiger partial charge on any atom is 0.229 e. The van der Waals surface area contributed by atoms with Crippen molar-refractivity contribution in [3.05, 3.63) is 32.8 Å². The Kier molecular flexibility index (Phi) is 2.98. The second-order valence-corrected chi connectivity index (χ2v) is 4.01. The van der Waals surface area contributed by atoms with Gasteiger partial charge in [0.1, 0.15) is 5.15 Å². The molecule has 0 saturated heterocycles. The summed E-state index contributed by atoms with van der Waals surface area (Å²) in [6, 6.07) is 0. The Morgan fingerprint density at radius 3 is 3.06 bits per heavy atom. The van der Waals surface area contributed by atoms with Gasteiger partial charge in [-0.25, -0.2) is 9.50 Å². The van der Waals surface area contributed by atoms with Crippen LogP contribution in [0, 0.1) is 6.92 Å². The third-order valence-corrected chi connectivity index (χ3v) is 2.68. The van der Waals surface area contributed by atoms with E-state index in [-0.39, 0.29) is 12.0 Å². The molecule has 0 saturated carbocycles. The van der Waals surface area contributed by atoms with Crippen molar-refractivity contribution in [3.63, 3.8) is 0 Å². The Balaban J connectivity index is 2.60. The number of nitrogens with zero attached hydrogens (tertiary/aromatic N) is 2. The monoisotopic (exact) mass is 241 g/mol. The molecule has 2 N–H and O–H groups in total. The number of hydrogen-bond donors (Lipinski definition) is 2. The highest BCUT2D eigenvalue weighted by molar-refractivity contribution is 6.30. The Morgan fingerprint density at radius 1 is 1.62 bits per heavy atom. The lowest BCUT2D eigenvalue weighted by Gasteiger charge is -2.03. The van der Waals surface area contributed by atoms with Gasteiger partial charge in [0.2, 0.25) is 11.1 Å². The van der Waals surface area contributed by atoms with E-state index < -0.39 is 0 Å². The summed E-state index contributed by atoms with van der Waals surface area (Å²) in [6.45, 7) is 1.84. The zero-order valence-electron chi connectivity index (χ0n) is 8.83. The zero-order valence-corrected chi connectivity index (χ0v) is 9.58. The Labute approximate surface area is 96.7 Å². The van der Waals surface area contributed by atoms with Crippen molar-refractivity contribution in [2.24, 2.45) is 0 Å². The van der Waals surface area contributed by atoms with E-state index in [1.807, 2.05) is 6.92 Å².